The van der Waals surface area contributed by atoms with Crippen LogP contribution in [-0.4, -0.2) is 0 Å². The molecule has 0 spiro atoms. The van der Waals surface area contributed by atoms with E-state index in [1.165, 1.54) is 5.57 Å². The van der Waals surface area contributed by atoms with Crippen LogP contribution in [-0.2, 0) is 0 Å². The number of rotatable bonds is 3. The highest BCUT2D eigenvalue weighted by molar-refractivity contribution is 5.40. The summed E-state index contributed by atoms with van der Waals surface area (Å²) in [5.74, 6) is 2.59. The summed E-state index contributed by atoms with van der Waals surface area (Å²) < 4.78 is 0. The van der Waals surface area contributed by atoms with Crippen LogP contribution in [0.2, 0.25) is 0 Å². The van der Waals surface area contributed by atoms with Gasteiger partial charge in [0.1, 0.15) is 0 Å². The fourth-order valence-corrected chi connectivity index (χ4v) is 0.713. The van der Waals surface area contributed by atoms with E-state index in [1.54, 1.807) is 0 Å². The SMILES string of the molecule is C#CC(/C=C(\C=C)CC)=C/C. The summed E-state index contributed by atoms with van der Waals surface area (Å²) in [7, 11) is 0. The van der Waals surface area contributed by atoms with Crippen molar-refractivity contribution < 1.29 is 0 Å². The fraction of sp³-hybridized carbons (Fsp3) is 0.273. The Kier molecular flexibility index (Phi) is 4.94. The van der Waals surface area contributed by atoms with Crippen molar-refractivity contribution in [2.75, 3.05) is 0 Å². The van der Waals surface area contributed by atoms with Gasteiger partial charge in [0, 0.05) is 5.57 Å². The van der Waals surface area contributed by atoms with Gasteiger partial charge in [-0.05, 0) is 25.0 Å². The monoisotopic (exact) mass is 146 g/mol. The number of hydrogen-bond donors (Lipinski definition) is 0. The molecule has 0 bridgehead atoms. The molecule has 0 heteroatoms. The first kappa shape index (κ1) is 9.78. The Labute approximate surface area is 69.3 Å². The second kappa shape index (κ2) is 5.56. The highest BCUT2D eigenvalue weighted by Gasteiger charge is 1.87. The van der Waals surface area contributed by atoms with Gasteiger partial charge in [-0.15, -0.1) is 6.42 Å². The molecule has 0 saturated carbocycles. The van der Waals surface area contributed by atoms with E-state index in [4.69, 9.17) is 6.42 Å². The van der Waals surface area contributed by atoms with Crippen molar-refractivity contribution in [2.24, 2.45) is 0 Å². The molecular weight excluding hydrogens is 132 g/mol. The van der Waals surface area contributed by atoms with Crippen LogP contribution in [0.1, 0.15) is 20.3 Å². The summed E-state index contributed by atoms with van der Waals surface area (Å²) in [6.07, 6.45) is 11.9. The Morgan fingerprint density at radius 2 is 2.27 bits per heavy atom. The molecule has 0 saturated heterocycles. The topological polar surface area (TPSA) is 0 Å². The van der Waals surface area contributed by atoms with Gasteiger partial charge in [0.2, 0.25) is 0 Å². The van der Waals surface area contributed by atoms with E-state index >= 15 is 0 Å². The maximum absolute atomic E-state index is 5.24. The fourth-order valence-electron chi connectivity index (χ4n) is 0.713. The molecule has 0 aliphatic rings. The van der Waals surface area contributed by atoms with Gasteiger partial charge >= 0.3 is 0 Å². The zero-order valence-corrected chi connectivity index (χ0v) is 7.22. The smallest absolute Gasteiger partial charge is 0.0202 e. The number of hydrogen-bond acceptors (Lipinski definition) is 0. The number of allylic oxidation sites excluding steroid dienone is 5. The molecule has 0 aliphatic heterocycles. The van der Waals surface area contributed by atoms with E-state index < -0.39 is 0 Å². The minimum Gasteiger partial charge on any atom is -0.115 e. The van der Waals surface area contributed by atoms with Crippen molar-refractivity contribution >= 4 is 0 Å². The zero-order chi connectivity index (χ0) is 8.69. The lowest BCUT2D eigenvalue weighted by Gasteiger charge is -1.94. The first-order valence-electron chi connectivity index (χ1n) is 3.74. The summed E-state index contributed by atoms with van der Waals surface area (Å²) in [6, 6.07) is 0. The second-order valence-corrected chi connectivity index (χ2v) is 2.17. The summed E-state index contributed by atoms with van der Waals surface area (Å²) >= 11 is 0. The van der Waals surface area contributed by atoms with Crippen molar-refractivity contribution in [1.29, 1.82) is 0 Å². The third-order valence-corrected chi connectivity index (χ3v) is 1.49. The van der Waals surface area contributed by atoms with E-state index in [-0.39, 0.29) is 0 Å². The van der Waals surface area contributed by atoms with Crippen molar-refractivity contribution in [3.63, 3.8) is 0 Å². The third kappa shape index (κ3) is 3.47. The predicted molar refractivity (Wildman–Crippen MR) is 51.2 cm³/mol. The van der Waals surface area contributed by atoms with E-state index in [0.29, 0.717) is 0 Å². The lowest BCUT2D eigenvalue weighted by molar-refractivity contribution is 1.15. The third-order valence-electron chi connectivity index (χ3n) is 1.49. The summed E-state index contributed by atoms with van der Waals surface area (Å²) in [4.78, 5) is 0. The Bertz CT molecular complexity index is 221. The molecule has 58 valence electrons. The molecule has 0 fully saturated rings. The highest BCUT2D eigenvalue weighted by atomic mass is 13.9. The Hall–Kier alpha value is -1.22. The van der Waals surface area contributed by atoms with Crippen molar-refractivity contribution in [1.82, 2.24) is 0 Å². The zero-order valence-electron chi connectivity index (χ0n) is 7.22. The second-order valence-electron chi connectivity index (χ2n) is 2.17. The largest absolute Gasteiger partial charge is 0.115 e. The Morgan fingerprint density at radius 3 is 2.55 bits per heavy atom. The van der Waals surface area contributed by atoms with Gasteiger partial charge in [-0.2, -0.15) is 0 Å². The molecule has 0 atom stereocenters. The van der Waals surface area contributed by atoms with Gasteiger partial charge < -0.3 is 0 Å². The first-order chi connectivity index (χ1) is 5.28. The van der Waals surface area contributed by atoms with Crippen LogP contribution in [0.5, 0.6) is 0 Å². The first-order valence-corrected chi connectivity index (χ1v) is 3.74. The Balaban J connectivity index is 4.52. The van der Waals surface area contributed by atoms with Gasteiger partial charge in [0.15, 0.2) is 0 Å². The highest BCUT2D eigenvalue weighted by Crippen LogP contribution is 2.06. The summed E-state index contributed by atoms with van der Waals surface area (Å²) in [5, 5.41) is 0. The lowest BCUT2D eigenvalue weighted by atomic mass is 10.1. The van der Waals surface area contributed by atoms with E-state index in [9.17, 15) is 0 Å². The Morgan fingerprint density at radius 1 is 1.64 bits per heavy atom. The molecule has 0 radical (unpaired) electrons. The molecule has 0 rings (SSSR count). The summed E-state index contributed by atoms with van der Waals surface area (Å²) in [6.45, 7) is 7.70. The summed E-state index contributed by atoms with van der Waals surface area (Å²) in [5.41, 5.74) is 2.10. The van der Waals surface area contributed by atoms with Crippen molar-refractivity contribution in [3.05, 3.63) is 36.0 Å². The van der Waals surface area contributed by atoms with Crippen molar-refractivity contribution in [3.8, 4) is 12.3 Å². The van der Waals surface area contributed by atoms with Crippen LogP contribution in [0.25, 0.3) is 0 Å². The van der Waals surface area contributed by atoms with Gasteiger partial charge in [0.05, 0.1) is 0 Å². The van der Waals surface area contributed by atoms with E-state index in [2.05, 4.69) is 19.4 Å². The quantitative estimate of drug-likeness (QED) is 0.424. The maximum Gasteiger partial charge on any atom is 0.0202 e. The maximum atomic E-state index is 5.24. The van der Waals surface area contributed by atoms with Gasteiger partial charge in [-0.25, -0.2) is 0 Å². The normalized spacial score (nSPS) is 12.5. The van der Waals surface area contributed by atoms with Crippen LogP contribution in [0.4, 0.5) is 0 Å². The molecule has 0 aromatic rings. The van der Waals surface area contributed by atoms with Gasteiger partial charge in [-0.3, -0.25) is 0 Å². The molecule has 11 heavy (non-hydrogen) atoms. The molecule has 0 aliphatic carbocycles. The molecule has 0 nitrogen and oxygen atoms in total. The molecule has 0 N–H and O–H groups in total. The molecular formula is C11H14. The number of terminal acetylenes is 1. The van der Waals surface area contributed by atoms with Crippen LogP contribution < -0.4 is 0 Å². The molecule has 0 aromatic heterocycles. The average molecular weight is 146 g/mol. The van der Waals surface area contributed by atoms with Gasteiger partial charge in [-0.1, -0.05) is 31.6 Å². The minimum absolute atomic E-state index is 0.918. The molecule has 0 aromatic carbocycles. The lowest BCUT2D eigenvalue weighted by Crippen LogP contribution is -1.76. The molecule has 0 amide bonds. The van der Waals surface area contributed by atoms with Crippen LogP contribution >= 0.6 is 0 Å². The van der Waals surface area contributed by atoms with Crippen molar-refractivity contribution in [2.45, 2.75) is 20.3 Å². The predicted octanol–water partition coefficient (Wildman–Crippen LogP) is 3.09. The van der Waals surface area contributed by atoms with Crippen LogP contribution in [0.15, 0.2) is 36.0 Å². The van der Waals surface area contributed by atoms with Crippen LogP contribution in [0, 0.1) is 12.3 Å². The minimum atomic E-state index is 0.918. The molecule has 0 heterocycles. The molecule has 0 unspecified atom stereocenters. The van der Waals surface area contributed by atoms with E-state index in [1.807, 2.05) is 25.2 Å². The van der Waals surface area contributed by atoms with Gasteiger partial charge in [0.25, 0.3) is 0 Å². The van der Waals surface area contributed by atoms with Crippen LogP contribution in [0.3, 0.4) is 0 Å². The van der Waals surface area contributed by atoms with E-state index in [0.717, 1.165) is 12.0 Å². The standard InChI is InChI=1S/C11H14/c1-5-10(6-2)9-11(7-3)8-4/h1,6-7,9H,3,8H2,2,4H3/b10-6-,11-9+. The average Bonchev–Trinajstić information content (AvgIpc) is 2.07.